The molecule has 2 aliphatic rings. The number of piperidine rings is 1. The molecule has 1 heterocycles. The Morgan fingerprint density at radius 3 is 2.42 bits per heavy atom. The number of nitrogens with two attached hydrogens (primary N) is 1. The van der Waals surface area contributed by atoms with E-state index >= 15 is 0 Å². The van der Waals surface area contributed by atoms with Gasteiger partial charge >= 0.3 is 0 Å². The second-order valence-corrected chi connectivity index (χ2v) is 5.90. The lowest BCUT2D eigenvalue weighted by molar-refractivity contribution is -0.138. The zero-order valence-corrected chi connectivity index (χ0v) is 12.5. The van der Waals surface area contributed by atoms with E-state index in [0.29, 0.717) is 0 Å². The lowest BCUT2D eigenvalue weighted by Crippen LogP contribution is -2.44. The van der Waals surface area contributed by atoms with Crippen LogP contribution in [0.3, 0.4) is 0 Å². The van der Waals surface area contributed by atoms with Crippen LogP contribution in [0.2, 0.25) is 0 Å². The number of halogens is 1. The van der Waals surface area contributed by atoms with E-state index in [1.165, 1.54) is 0 Å². The summed E-state index contributed by atoms with van der Waals surface area (Å²) in [7, 11) is 0. The summed E-state index contributed by atoms with van der Waals surface area (Å²) in [5.74, 6) is -0.205. The van der Waals surface area contributed by atoms with E-state index in [1.807, 2.05) is 13.8 Å². The minimum atomic E-state index is -0.433. The van der Waals surface area contributed by atoms with Gasteiger partial charge in [0.2, 0.25) is 11.8 Å². The molecule has 1 atom stereocenters. The largest absolute Gasteiger partial charge is 0.368 e. The van der Waals surface area contributed by atoms with Gasteiger partial charge in [0.15, 0.2) is 0 Å². The number of amides is 2. The Hall–Kier alpha value is -0.810. The lowest BCUT2D eigenvalue weighted by Gasteiger charge is -2.28. The van der Waals surface area contributed by atoms with Crippen molar-refractivity contribution in [2.75, 3.05) is 19.6 Å². The van der Waals surface area contributed by atoms with Crippen LogP contribution in [0.1, 0.15) is 33.1 Å². The second-order valence-electron chi connectivity index (χ2n) is 5.90. The van der Waals surface area contributed by atoms with Crippen molar-refractivity contribution in [1.82, 2.24) is 10.2 Å². The Kier molecular flexibility index (Phi) is 5.21. The molecule has 1 saturated heterocycles. The zero-order valence-electron chi connectivity index (χ0n) is 11.6. The summed E-state index contributed by atoms with van der Waals surface area (Å²) in [5.41, 5.74) is 5.43. The third kappa shape index (κ3) is 3.39. The van der Waals surface area contributed by atoms with Gasteiger partial charge in [0.05, 0.1) is 6.54 Å². The molecule has 0 aromatic carbocycles. The molecule has 1 aliphatic heterocycles. The minimum Gasteiger partial charge on any atom is -0.368 e. The molecule has 0 radical (unpaired) electrons. The monoisotopic (exact) mass is 289 g/mol. The van der Waals surface area contributed by atoms with Crippen molar-refractivity contribution < 1.29 is 9.59 Å². The van der Waals surface area contributed by atoms with Crippen LogP contribution in [0.25, 0.3) is 0 Å². The van der Waals surface area contributed by atoms with Gasteiger partial charge in [0.1, 0.15) is 0 Å². The predicted molar refractivity (Wildman–Crippen MR) is 75.9 cm³/mol. The Labute approximate surface area is 120 Å². The molecular formula is C13H24ClN3O2. The number of primary amides is 1. The Bertz CT molecular complexity index is 354. The van der Waals surface area contributed by atoms with Crippen LogP contribution in [-0.2, 0) is 9.59 Å². The fraction of sp³-hybridized carbons (Fsp3) is 0.846. The molecule has 3 N–H and O–H groups in total. The molecule has 1 aliphatic carbocycles. The predicted octanol–water partition coefficient (Wildman–Crippen LogP) is 0.520. The van der Waals surface area contributed by atoms with Gasteiger partial charge in [-0.05, 0) is 51.6 Å². The molecule has 1 unspecified atom stereocenters. The van der Waals surface area contributed by atoms with Gasteiger partial charge < -0.3 is 16.0 Å². The first kappa shape index (κ1) is 16.2. The molecule has 2 rings (SSSR count). The number of hydrogen-bond acceptors (Lipinski definition) is 3. The summed E-state index contributed by atoms with van der Waals surface area (Å²) in [4.78, 5) is 25.1. The molecule has 6 heteroatoms. The van der Waals surface area contributed by atoms with Crippen LogP contribution < -0.4 is 11.1 Å². The van der Waals surface area contributed by atoms with Gasteiger partial charge in [-0.15, -0.1) is 12.4 Å². The minimum absolute atomic E-state index is 0. The molecule has 0 aromatic heterocycles. The van der Waals surface area contributed by atoms with Crippen molar-refractivity contribution in [2.45, 2.75) is 39.2 Å². The SMILES string of the molecule is CC(C)N(CC(N)=O)C(=O)C1CC12CCNCC2.Cl. The van der Waals surface area contributed by atoms with E-state index in [-0.39, 0.29) is 42.2 Å². The van der Waals surface area contributed by atoms with Gasteiger partial charge in [-0.3, -0.25) is 9.59 Å². The Morgan fingerprint density at radius 1 is 1.37 bits per heavy atom. The highest BCUT2D eigenvalue weighted by atomic mass is 35.5. The molecule has 1 saturated carbocycles. The normalized spacial score (nSPS) is 23.8. The Morgan fingerprint density at radius 2 is 1.95 bits per heavy atom. The second kappa shape index (κ2) is 6.09. The highest BCUT2D eigenvalue weighted by Gasteiger charge is 2.58. The molecule has 110 valence electrons. The van der Waals surface area contributed by atoms with Crippen molar-refractivity contribution in [3.63, 3.8) is 0 Å². The molecule has 2 amide bonds. The zero-order chi connectivity index (χ0) is 13.3. The van der Waals surface area contributed by atoms with E-state index < -0.39 is 5.91 Å². The highest BCUT2D eigenvalue weighted by molar-refractivity contribution is 5.87. The number of carbonyl (C=O) groups is 2. The maximum absolute atomic E-state index is 12.5. The van der Waals surface area contributed by atoms with Crippen molar-refractivity contribution >= 4 is 24.2 Å². The van der Waals surface area contributed by atoms with Crippen molar-refractivity contribution in [3.05, 3.63) is 0 Å². The summed E-state index contributed by atoms with van der Waals surface area (Å²) >= 11 is 0. The topological polar surface area (TPSA) is 75.4 Å². The highest BCUT2D eigenvalue weighted by Crippen LogP contribution is 2.59. The summed E-state index contributed by atoms with van der Waals surface area (Å²) in [6.07, 6.45) is 3.13. The summed E-state index contributed by atoms with van der Waals surface area (Å²) in [6, 6.07) is 0.0318. The fourth-order valence-corrected chi connectivity index (χ4v) is 3.06. The molecule has 5 nitrogen and oxygen atoms in total. The molecule has 0 bridgehead atoms. The first-order chi connectivity index (χ1) is 8.46. The standard InChI is InChI=1S/C13H23N3O2.ClH/c1-9(2)16(8-11(14)17)12(18)10-7-13(10)3-5-15-6-4-13;/h9-10,15H,3-8H2,1-2H3,(H2,14,17);1H. The number of carbonyl (C=O) groups excluding carboxylic acids is 2. The Balaban J connectivity index is 0.00000180. The van der Waals surface area contributed by atoms with E-state index in [4.69, 9.17) is 5.73 Å². The number of hydrogen-bond donors (Lipinski definition) is 2. The van der Waals surface area contributed by atoms with Crippen LogP contribution in [-0.4, -0.2) is 42.4 Å². The summed E-state index contributed by atoms with van der Waals surface area (Å²) in [5, 5.41) is 3.33. The van der Waals surface area contributed by atoms with Crippen molar-refractivity contribution in [1.29, 1.82) is 0 Å². The van der Waals surface area contributed by atoms with Crippen LogP contribution in [0.15, 0.2) is 0 Å². The molecule has 1 spiro atoms. The van der Waals surface area contributed by atoms with Gasteiger partial charge in [0.25, 0.3) is 0 Å². The van der Waals surface area contributed by atoms with Crippen LogP contribution in [0.5, 0.6) is 0 Å². The molecule has 2 fully saturated rings. The van der Waals surface area contributed by atoms with E-state index in [0.717, 1.165) is 32.4 Å². The quantitative estimate of drug-likeness (QED) is 0.792. The maximum Gasteiger partial charge on any atom is 0.237 e. The van der Waals surface area contributed by atoms with Crippen LogP contribution in [0, 0.1) is 11.3 Å². The van der Waals surface area contributed by atoms with Crippen molar-refractivity contribution in [3.8, 4) is 0 Å². The first-order valence-corrected chi connectivity index (χ1v) is 6.76. The number of nitrogens with zero attached hydrogens (tertiary/aromatic N) is 1. The third-order valence-electron chi connectivity index (χ3n) is 4.32. The average molecular weight is 290 g/mol. The lowest BCUT2D eigenvalue weighted by atomic mass is 9.91. The third-order valence-corrected chi connectivity index (χ3v) is 4.32. The van der Waals surface area contributed by atoms with Gasteiger partial charge in [0, 0.05) is 12.0 Å². The maximum atomic E-state index is 12.5. The van der Waals surface area contributed by atoms with Crippen LogP contribution in [0.4, 0.5) is 0 Å². The number of rotatable bonds is 4. The fourth-order valence-electron chi connectivity index (χ4n) is 3.06. The van der Waals surface area contributed by atoms with Gasteiger partial charge in [-0.2, -0.15) is 0 Å². The van der Waals surface area contributed by atoms with Gasteiger partial charge in [-0.1, -0.05) is 0 Å². The summed E-state index contributed by atoms with van der Waals surface area (Å²) < 4.78 is 0. The first-order valence-electron chi connectivity index (χ1n) is 6.76. The van der Waals surface area contributed by atoms with E-state index in [9.17, 15) is 9.59 Å². The van der Waals surface area contributed by atoms with Gasteiger partial charge in [-0.25, -0.2) is 0 Å². The average Bonchev–Trinajstić information content (AvgIpc) is 2.99. The smallest absolute Gasteiger partial charge is 0.237 e. The molecular weight excluding hydrogens is 266 g/mol. The molecule has 19 heavy (non-hydrogen) atoms. The number of nitrogens with one attached hydrogen (secondary N) is 1. The van der Waals surface area contributed by atoms with E-state index in [1.54, 1.807) is 4.90 Å². The molecule has 0 aromatic rings. The van der Waals surface area contributed by atoms with E-state index in [2.05, 4.69) is 5.32 Å². The van der Waals surface area contributed by atoms with Crippen molar-refractivity contribution in [2.24, 2.45) is 17.1 Å². The summed E-state index contributed by atoms with van der Waals surface area (Å²) in [6.45, 7) is 5.90. The van der Waals surface area contributed by atoms with Crippen LogP contribution >= 0.6 is 12.4 Å².